The minimum absolute atomic E-state index is 0. The Balaban J connectivity index is 0.000001000. The third-order valence-corrected chi connectivity index (χ3v) is 1.27. The first-order valence-corrected chi connectivity index (χ1v) is 2.79. The molecular formula is C5H10N4O2. The molecule has 6 heteroatoms. The highest BCUT2D eigenvalue weighted by Crippen LogP contribution is 2.17. The fourth-order valence-corrected chi connectivity index (χ4v) is 0.814. The first-order valence-electron chi connectivity index (χ1n) is 2.79. The van der Waals surface area contributed by atoms with Crippen molar-refractivity contribution in [2.45, 2.75) is 13.8 Å². The number of aromatic nitrogens is 2. The first-order chi connectivity index (χ1) is 4.63. The summed E-state index contributed by atoms with van der Waals surface area (Å²) in [6.07, 6.45) is 0. The minimum Gasteiger partial charge on any atom is -0.344 e. The number of nitrogens with zero attached hydrogens (tertiary/aromatic N) is 2. The van der Waals surface area contributed by atoms with Crippen molar-refractivity contribution >= 4 is 5.69 Å². The Hall–Kier alpha value is -1.43. The smallest absolute Gasteiger partial charge is 0.312 e. The zero-order chi connectivity index (χ0) is 7.72. The lowest BCUT2D eigenvalue weighted by Crippen LogP contribution is -1.89. The van der Waals surface area contributed by atoms with Crippen LogP contribution in [0.4, 0.5) is 5.69 Å². The third kappa shape index (κ3) is 1.53. The van der Waals surface area contributed by atoms with E-state index < -0.39 is 4.92 Å². The summed E-state index contributed by atoms with van der Waals surface area (Å²) in [5, 5.41) is 16.4. The van der Waals surface area contributed by atoms with Gasteiger partial charge in [-0.25, -0.2) is 0 Å². The van der Waals surface area contributed by atoms with Crippen molar-refractivity contribution in [1.82, 2.24) is 16.3 Å². The highest BCUT2D eigenvalue weighted by Gasteiger charge is 2.16. The SMILES string of the molecule is Cc1n[nH]c(C)c1[N+](=O)[O-].N. The quantitative estimate of drug-likeness (QED) is 0.471. The van der Waals surface area contributed by atoms with Gasteiger partial charge in [0.05, 0.1) is 4.92 Å². The second kappa shape index (κ2) is 3.11. The molecular weight excluding hydrogens is 148 g/mol. The van der Waals surface area contributed by atoms with E-state index in [9.17, 15) is 10.1 Å². The Kier molecular flexibility index (Phi) is 2.70. The molecule has 1 heterocycles. The van der Waals surface area contributed by atoms with Gasteiger partial charge in [0.15, 0.2) is 0 Å². The Labute approximate surface area is 63.3 Å². The van der Waals surface area contributed by atoms with Crippen molar-refractivity contribution in [1.29, 1.82) is 0 Å². The summed E-state index contributed by atoms with van der Waals surface area (Å²) in [6, 6.07) is 0. The van der Waals surface area contributed by atoms with Crippen LogP contribution in [0.2, 0.25) is 0 Å². The van der Waals surface area contributed by atoms with Gasteiger partial charge >= 0.3 is 5.69 Å². The first kappa shape index (κ1) is 9.57. The van der Waals surface area contributed by atoms with Gasteiger partial charge in [-0.1, -0.05) is 0 Å². The van der Waals surface area contributed by atoms with E-state index >= 15 is 0 Å². The average Bonchev–Trinajstić information content (AvgIpc) is 2.11. The van der Waals surface area contributed by atoms with Crippen LogP contribution >= 0.6 is 0 Å². The molecule has 0 saturated heterocycles. The lowest BCUT2D eigenvalue weighted by molar-refractivity contribution is -0.386. The van der Waals surface area contributed by atoms with Crippen molar-refractivity contribution < 1.29 is 4.92 Å². The molecule has 0 bridgehead atoms. The van der Waals surface area contributed by atoms with E-state index in [-0.39, 0.29) is 11.8 Å². The summed E-state index contributed by atoms with van der Waals surface area (Å²) in [4.78, 5) is 9.81. The third-order valence-electron chi connectivity index (χ3n) is 1.27. The summed E-state index contributed by atoms with van der Waals surface area (Å²) in [5.41, 5.74) is 1.02. The maximum absolute atomic E-state index is 10.2. The molecule has 0 aliphatic heterocycles. The standard InChI is InChI=1S/C5H7N3O2.H3N/c1-3-5(8(9)10)4(2)7-6-3;/h1-2H3,(H,6,7);1H3. The van der Waals surface area contributed by atoms with Gasteiger partial charge in [-0.05, 0) is 13.8 Å². The van der Waals surface area contributed by atoms with E-state index in [1.165, 1.54) is 0 Å². The Morgan fingerprint density at radius 1 is 1.55 bits per heavy atom. The molecule has 1 aromatic rings. The number of hydrogen-bond donors (Lipinski definition) is 2. The van der Waals surface area contributed by atoms with Crippen LogP contribution in [0.3, 0.4) is 0 Å². The number of nitrogens with one attached hydrogen (secondary N) is 1. The van der Waals surface area contributed by atoms with Gasteiger partial charge in [0, 0.05) is 0 Å². The zero-order valence-electron chi connectivity index (χ0n) is 6.42. The van der Waals surface area contributed by atoms with Crippen molar-refractivity contribution in [2.75, 3.05) is 0 Å². The van der Waals surface area contributed by atoms with Crippen LogP contribution in [-0.4, -0.2) is 15.1 Å². The summed E-state index contributed by atoms with van der Waals surface area (Å²) in [6.45, 7) is 3.22. The molecule has 0 radical (unpaired) electrons. The fourth-order valence-electron chi connectivity index (χ4n) is 0.814. The monoisotopic (exact) mass is 158 g/mol. The predicted molar refractivity (Wildman–Crippen MR) is 39.7 cm³/mol. The van der Waals surface area contributed by atoms with E-state index in [4.69, 9.17) is 0 Å². The van der Waals surface area contributed by atoms with Crippen LogP contribution in [0.15, 0.2) is 0 Å². The summed E-state index contributed by atoms with van der Waals surface area (Å²) < 4.78 is 0. The van der Waals surface area contributed by atoms with Crippen LogP contribution in [0.5, 0.6) is 0 Å². The Morgan fingerprint density at radius 2 is 2.09 bits per heavy atom. The van der Waals surface area contributed by atoms with Crippen LogP contribution in [0, 0.1) is 24.0 Å². The van der Waals surface area contributed by atoms with E-state index in [0.717, 1.165) is 0 Å². The minimum atomic E-state index is -0.436. The number of rotatable bonds is 1. The molecule has 1 rings (SSSR count). The van der Waals surface area contributed by atoms with E-state index in [2.05, 4.69) is 10.2 Å². The van der Waals surface area contributed by atoms with Crippen LogP contribution < -0.4 is 6.15 Å². The largest absolute Gasteiger partial charge is 0.344 e. The zero-order valence-corrected chi connectivity index (χ0v) is 6.42. The summed E-state index contributed by atoms with van der Waals surface area (Å²) in [5.74, 6) is 0. The molecule has 11 heavy (non-hydrogen) atoms. The molecule has 0 aliphatic carbocycles. The number of hydrogen-bond acceptors (Lipinski definition) is 4. The molecule has 0 fully saturated rings. The van der Waals surface area contributed by atoms with Crippen LogP contribution in [0.1, 0.15) is 11.4 Å². The van der Waals surface area contributed by atoms with Crippen molar-refractivity contribution in [3.05, 3.63) is 21.5 Å². The van der Waals surface area contributed by atoms with Gasteiger partial charge < -0.3 is 6.15 Å². The lowest BCUT2D eigenvalue weighted by atomic mass is 10.3. The molecule has 6 nitrogen and oxygen atoms in total. The van der Waals surface area contributed by atoms with Gasteiger partial charge in [-0.2, -0.15) is 5.10 Å². The maximum atomic E-state index is 10.2. The summed E-state index contributed by atoms with van der Waals surface area (Å²) in [7, 11) is 0. The molecule has 0 unspecified atom stereocenters. The van der Waals surface area contributed by atoms with Crippen LogP contribution in [0.25, 0.3) is 0 Å². The molecule has 0 saturated carbocycles. The van der Waals surface area contributed by atoms with Crippen molar-refractivity contribution in [3.8, 4) is 0 Å². The van der Waals surface area contributed by atoms with Gasteiger partial charge in [0.1, 0.15) is 11.4 Å². The molecule has 62 valence electrons. The second-order valence-corrected chi connectivity index (χ2v) is 2.04. The number of H-pyrrole nitrogens is 1. The molecule has 0 atom stereocenters. The van der Waals surface area contributed by atoms with Crippen molar-refractivity contribution in [2.24, 2.45) is 0 Å². The Bertz CT molecular complexity index is 248. The lowest BCUT2D eigenvalue weighted by Gasteiger charge is -1.85. The van der Waals surface area contributed by atoms with Gasteiger partial charge in [-0.3, -0.25) is 15.2 Å². The topological polar surface area (TPSA) is 107 Å². The van der Waals surface area contributed by atoms with Gasteiger partial charge in [-0.15, -0.1) is 0 Å². The van der Waals surface area contributed by atoms with Crippen LogP contribution in [-0.2, 0) is 0 Å². The Morgan fingerprint density at radius 3 is 2.27 bits per heavy atom. The maximum Gasteiger partial charge on any atom is 0.312 e. The van der Waals surface area contributed by atoms with Gasteiger partial charge in [0.25, 0.3) is 0 Å². The predicted octanol–water partition coefficient (Wildman–Crippen LogP) is 1.10. The van der Waals surface area contributed by atoms with Gasteiger partial charge in [0.2, 0.25) is 0 Å². The van der Waals surface area contributed by atoms with E-state index in [0.29, 0.717) is 11.4 Å². The number of nitro groups is 1. The van der Waals surface area contributed by atoms with Crippen molar-refractivity contribution in [3.63, 3.8) is 0 Å². The highest BCUT2D eigenvalue weighted by molar-refractivity contribution is 5.38. The molecule has 0 amide bonds. The average molecular weight is 158 g/mol. The number of aromatic amines is 1. The molecule has 1 aromatic heterocycles. The van der Waals surface area contributed by atoms with E-state index in [1.807, 2.05) is 0 Å². The highest BCUT2D eigenvalue weighted by atomic mass is 16.6. The second-order valence-electron chi connectivity index (χ2n) is 2.04. The molecule has 0 aliphatic rings. The van der Waals surface area contributed by atoms with E-state index in [1.54, 1.807) is 13.8 Å². The molecule has 0 spiro atoms. The molecule has 4 N–H and O–H groups in total. The normalized spacial score (nSPS) is 8.91. The molecule has 0 aromatic carbocycles. The number of aryl methyl sites for hydroxylation is 2. The fraction of sp³-hybridized carbons (Fsp3) is 0.400. The summed E-state index contributed by atoms with van der Waals surface area (Å²) >= 11 is 0.